The lowest BCUT2D eigenvalue weighted by Crippen LogP contribution is -2.45. The van der Waals surface area contributed by atoms with Crippen molar-refractivity contribution in [1.82, 2.24) is 5.32 Å². The summed E-state index contributed by atoms with van der Waals surface area (Å²) < 4.78 is 5.51. The van der Waals surface area contributed by atoms with Gasteiger partial charge in [-0.3, -0.25) is 9.59 Å². The number of carbonyl (C=O) groups is 2. The lowest BCUT2D eigenvalue weighted by atomic mass is 10.0. The fourth-order valence-electron chi connectivity index (χ4n) is 13.8. The zero-order valence-electron chi connectivity index (χ0n) is 64.0. The predicted octanol–water partition coefficient (Wildman–Crippen LogP) is 28.9. The highest BCUT2D eigenvalue weighted by Gasteiger charge is 2.20. The second kappa shape index (κ2) is 83.5. The Labute approximate surface area is 589 Å². The van der Waals surface area contributed by atoms with E-state index in [4.69, 9.17) is 4.74 Å². The quantitative estimate of drug-likeness (QED) is 0.0320. The molecule has 556 valence electrons. The Hall–Kier alpha value is -1.92. The molecule has 0 aromatic carbocycles. The van der Waals surface area contributed by atoms with Gasteiger partial charge in [-0.2, -0.15) is 0 Å². The monoisotopic (exact) mass is 1320 g/mol. The summed E-state index contributed by atoms with van der Waals surface area (Å²) in [6, 6.07) is -0.542. The molecule has 94 heavy (non-hydrogen) atoms. The van der Waals surface area contributed by atoms with Gasteiger partial charge in [0, 0.05) is 12.8 Å². The van der Waals surface area contributed by atoms with Crippen molar-refractivity contribution < 1.29 is 24.5 Å². The molecule has 2 atom stereocenters. The van der Waals surface area contributed by atoms with Crippen LogP contribution in [-0.4, -0.2) is 47.4 Å². The molecule has 0 saturated carbocycles. The van der Waals surface area contributed by atoms with Gasteiger partial charge in [-0.1, -0.05) is 429 Å². The van der Waals surface area contributed by atoms with E-state index in [0.717, 1.165) is 44.9 Å². The van der Waals surface area contributed by atoms with E-state index >= 15 is 0 Å². The molecule has 0 aromatic rings. The smallest absolute Gasteiger partial charge is 0.305 e. The van der Waals surface area contributed by atoms with Crippen LogP contribution in [0.4, 0.5) is 0 Å². The molecule has 0 spiro atoms. The third-order valence-corrected chi connectivity index (χ3v) is 20.4. The van der Waals surface area contributed by atoms with Crippen molar-refractivity contribution in [2.45, 2.75) is 501 Å². The first-order chi connectivity index (χ1) is 46.5. The van der Waals surface area contributed by atoms with Gasteiger partial charge in [0.25, 0.3) is 0 Å². The number of amides is 1. The Balaban J connectivity index is 3.37. The van der Waals surface area contributed by atoms with Crippen molar-refractivity contribution in [3.05, 3.63) is 36.5 Å². The topological polar surface area (TPSA) is 95.9 Å². The number of allylic oxidation sites excluding steroid dienone is 6. The number of unbranched alkanes of at least 4 members (excludes halogenated alkanes) is 65. The third-order valence-electron chi connectivity index (χ3n) is 20.4. The van der Waals surface area contributed by atoms with Gasteiger partial charge in [0.15, 0.2) is 0 Å². The fourth-order valence-corrected chi connectivity index (χ4v) is 13.8. The van der Waals surface area contributed by atoms with Gasteiger partial charge in [-0.25, -0.2) is 0 Å². The number of carbonyl (C=O) groups excluding carboxylic acids is 2. The van der Waals surface area contributed by atoms with Gasteiger partial charge >= 0.3 is 5.97 Å². The summed E-state index contributed by atoms with van der Waals surface area (Å²) in [5.41, 5.74) is 0. The average molecular weight is 1320 g/mol. The molecule has 3 N–H and O–H groups in total. The summed E-state index contributed by atoms with van der Waals surface area (Å²) >= 11 is 0. The largest absolute Gasteiger partial charge is 0.466 e. The maximum Gasteiger partial charge on any atom is 0.305 e. The molecule has 0 heterocycles. The highest BCUT2D eigenvalue weighted by atomic mass is 16.5. The standard InChI is InChI=1S/C88H169NO5/c1-3-5-7-9-11-13-15-17-19-21-23-24-25-35-38-41-45-48-52-56-60-64-68-72-76-80-86(91)85(84-90)89-87(92)81-77-73-69-65-61-57-53-49-46-42-39-36-33-31-29-27-26-28-30-32-34-37-40-43-47-51-55-59-63-67-71-75-79-83-94-88(93)82-78-74-70-66-62-58-54-50-44-22-20-18-16-14-12-10-8-6-4-2/h18,20,30,32,37,40,85-86,90-91H,3-17,19,21-29,31,33-36,38-39,41-84H2,1-2H3,(H,89,92)/b20-18-,32-30-,40-37-. The number of aliphatic hydroxyl groups is 2. The van der Waals surface area contributed by atoms with E-state index in [2.05, 4.69) is 55.6 Å². The van der Waals surface area contributed by atoms with E-state index in [9.17, 15) is 19.8 Å². The minimum absolute atomic E-state index is 0.0149. The summed E-state index contributed by atoms with van der Waals surface area (Å²) in [6.45, 7) is 5.00. The van der Waals surface area contributed by atoms with Crippen molar-refractivity contribution in [2.75, 3.05) is 13.2 Å². The average Bonchev–Trinajstić information content (AvgIpc) is 3.70. The Morgan fingerprint density at radius 3 is 0.819 bits per heavy atom. The van der Waals surface area contributed by atoms with Crippen LogP contribution in [-0.2, 0) is 14.3 Å². The molecule has 2 unspecified atom stereocenters. The van der Waals surface area contributed by atoms with Gasteiger partial charge in [-0.05, 0) is 83.5 Å². The molecule has 0 aliphatic rings. The Morgan fingerprint density at radius 2 is 0.532 bits per heavy atom. The van der Waals surface area contributed by atoms with E-state index in [1.165, 1.54) is 411 Å². The first-order valence-corrected chi connectivity index (χ1v) is 43.2. The lowest BCUT2D eigenvalue weighted by Gasteiger charge is -2.22. The normalized spacial score (nSPS) is 12.6. The van der Waals surface area contributed by atoms with Gasteiger partial charge < -0.3 is 20.3 Å². The first kappa shape index (κ1) is 92.1. The van der Waals surface area contributed by atoms with E-state index in [1.54, 1.807) is 0 Å². The molecule has 0 saturated heterocycles. The molecule has 0 aromatic heterocycles. The summed E-state index contributed by atoms with van der Waals surface area (Å²) in [4.78, 5) is 24.7. The molecule has 6 nitrogen and oxygen atoms in total. The second-order valence-electron chi connectivity index (χ2n) is 29.9. The van der Waals surface area contributed by atoms with Crippen LogP contribution < -0.4 is 5.32 Å². The zero-order chi connectivity index (χ0) is 67.7. The SMILES string of the molecule is CCCCCCCC/C=C\CCCCCCCCCCCC(=O)OCCCCCCCCCCC/C=C\C/C=C\CCCCCCCCCCCCCCCCCCCC(=O)NC(CO)C(O)CCCCCCCCCCCCCCCCCCCCCCCCCCC. The van der Waals surface area contributed by atoms with Crippen molar-refractivity contribution >= 4 is 11.9 Å². The molecule has 0 bridgehead atoms. The number of hydrogen-bond acceptors (Lipinski definition) is 5. The molecule has 0 rings (SSSR count). The van der Waals surface area contributed by atoms with E-state index in [0.29, 0.717) is 25.9 Å². The van der Waals surface area contributed by atoms with Gasteiger partial charge in [-0.15, -0.1) is 0 Å². The summed E-state index contributed by atoms with van der Waals surface area (Å²) in [5, 5.41) is 23.5. The summed E-state index contributed by atoms with van der Waals surface area (Å²) in [5.74, 6) is -0.0122. The van der Waals surface area contributed by atoms with Crippen LogP contribution in [0.15, 0.2) is 36.5 Å². The van der Waals surface area contributed by atoms with Crippen LogP contribution in [0.3, 0.4) is 0 Å². The Bertz CT molecular complexity index is 1520. The van der Waals surface area contributed by atoms with Gasteiger partial charge in [0.2, 0.25) is 5.91 Å². The van der Waals surface area contributed by atoms with Crippen LogP contribution in [0.2, 0.25) is 0 Å². The number of nitrogens with one attached hydrogen (secondary N) is 1. The minimum atomic E-state index is -0.665. The molecule has 0 fully saturated rings. The number of rotatable bonds is 82. The minimum Gasteiger partial charge on any atom is -0.466 e. The summed E-state index contributed by atoms with van der Waals surface area (Å²) in [6.07, 6.45) is 110. The van der Waals surface area contributed by atoms with Crippen LogP contribution in [0.5, 0.6) is 0 Å². The lowest BCUT2D eigenvalue weighted by molar-refractivity contribution is -0.143. The van der Waals surface area contributed by atoms with Crippen LogP contribution >= 0.6 is 0 Å². The number of aliphatic hydroxyl groups excluding tert-OH is 2. The van der Waals surface area contributed by atoms with Gasteiger partial charge in [0.05, 0.1) is 25.4 Å². The molecule has 0 aliphatic carbocycles. The van der Waals surface area contributed by atoms with E-state index in [1.807, 2.05) is 0 Å². The van der Waals surface area contributed by atoms with Gasteiger partial charge in [0.1, 0.15) is 0 Å². The first-order valence-electron chi connectivity index (χ1n) is 43.2. The fraction of sp³-hybridized carbons (Fsp3) is 0.909. The predicted molar refractivity (Wildman–Crippen MR) is 416 cm³/mol. The second-order valence-corrected chi connectivity index (χ2v) is 29.9. The molecular formula is C88H169NO5. The van der Waals surface area contributed by atoms with E-state index in [-0.39, 0.29) is 18.5 Å². The molecule has 6 heteroatoms. The maximum atomic E-state index is 12.6. The molecule has 0 radical (unpaired) electrons. The highest BCUT2D eigenvalue weighted by Crippen LogP contribution is 2.21. The molecular weight excluding hydrogens is 1150 g/mol. The number of esters is 1. The number of hydrogen-bond donors (Lipinski definition) is 3. The van der Waals surface area contributed by atoms with Crippen LogP contribution in [0, 0.1) is 0 Å². The Morgan fingerprint density at radius 1 is 0.298 bits per heavy atom. The Kier molecular flexibility index (Phi) is 81.8. The van der Waals surface area contributed by atoms with Crippen molar-refractivity contribution in [1.29, 1.82) is 0 Å². The van der Waals surface area contributed by atoms with Crippen LogP contribution in [0.25, 0.3) is 0 Å². The number of ether oxygens (including phenoxy) is 1. The van der Waals surface area contributed by atoms with Crippen LogP contribution in [0.1, 0.15) is 489 Å². The van der Waals surface area contributed by atoms with Crippen molar-refractivity contribution in [3.63, 3.8) is 0 Å². The highest BCUT2D eigenvalue weighted by molar-refractivity contribution is 5.76. The maximum absolute atomic E-state index is 12.6. The molecule has 0 aliphatic heterocycles. The van der Waals surface area contributed by atoms with Crippen molar-refractivity contribution in [2.24, 2.45) is 0 Å². The molecule has 1 amide bonds. The van der Waals surface area contributed by atoms with E-state index < -0.39 is 12.1 Å². The van der Waals surface area contributed by atoms with Crippen molar-refractivity contribution in [3.8, 4) is 0 Å². The third kappa shape index (κ3) is 79.1. The zero-order valence-corrected chi connectivity index (χ0v) is 64.0. The summed E-state index contributed by atoms with van der Waals surface area (Å²) in [7, 11) is 0.